The number of rotatable bonds is 3. The first-order valence-electron chi connectivity index (χ1n) is 7.45. The zero-order chi connectivity index (χ0) is 13.7. The van der Waals surface area contributed by atoms with Crippen LogP contribution in [-0.4, -0.2) is 32.0 Å². The SMILES string of the molecule is O=C(C[C@H]1CCS(=O)(=O)C1)OC1CCCCCCC1. The third-order valence-corrected chi connectivity index (χ3v) is 5.97. The van der Waals surface area contributed by atoms with Crippen LogP contribution in [0.25, 0.3) is 0 Å². The van der Waals surface area contributed by atoms with E-state index < -0.39 is 9.84 Å². The second kappa shape index (κ2) is 6.73. The Morgan fingerprint density at radius 3 is 2.21 bits per heavy atom. The third-order valence-electron chi connectivity index (χ3n) is 4.13. The molecule has 0 spiro atoms. The minimum absolute atomic E-state index is 0.0222. The molecule has 0 amide bonds. The standard InChI is InChI=1S/C14H24O4S/c15-14(10-12-8-9-19(16,17)11-12)18-13-6-4-2-1-3-5-7-13/h12-13H,1-11H2/t12-/m1/s1. The van der Waals surface area contributed by atoms with E-state index in [2.05, 4.69) is 0 Å². The van der Waals surface area contributed by atoms with Crippen LogP contribution in [0.5, 0.6) is 0 Å². The van der Waals surface area contributed by atoms with Gasteiger partial charge in [-0.25, -0.2) is 8.42 Å². The van der Waals surface area contributed by atoms with Gasteiger partial charge in [-0.1, -0.05) is 19.3 Å². The van der Waals surface area contributed by atoms with Gasteiger partial charge in [0.1, 0.15) is 6.10 Å². The van der Waals surface area contributed by atoms with E-state index >= 15 is 0 Å². The number of carbonyl (C=O) groups excluding carboxylic acids is 1. The summed E-state index contributed by atoms with van der Waals surface area (Å²) in [6, 6.07) is 0. The summed E-state index contributed by atoms with van der Waals surface area (Å²) >= 11 is 0. The molecular weight excluding hydrogens is 264 g/mol. The highest BCUT2D eigenvalue weighted by Crippen LogP contribution is 2.24. The van der Waals surface area contributed by atoms with Gasteiger partial charge in [0.05, 0.1) is 11.5 Å². The molecule has 0 N–H and O–H groups in total. The van der Waals surface area contributed by atoms with Crippen LogP contribution in [0.1, 0.15) is 57.8 Å². The monoisotopic (exact) mass is 288 g/mol. The average Bonchev–Trinajstić information content (AvgIpc) is 2.61. The highest BCUT2D eigenvalue weighted by molar-refractivity contribution is 7.91. The Morgan fingerprint density at radius 1 is 1.00 bits per heavy atom. The average molecular weight is 288 g/mol. The van der Waals surface area contributed by atoms with Crippen LogP contribution in [0.2, 0.25) is 0 Å². The maximum atomic E-state index is 11.9. The van der Waals surface area contributed by atoms with Crippen LogP contribution in [0, 0.1) is 5.92 Å². The van der Waals surface area contributed by atoms with E-state index in [0.717, 1.165) is 25.7 Å². The Labute approximate surface area is 115 Å². The molecule has 1 heterocycles. The predicted octanol–water partition coefficient (Wildman–Crippen LogP) is 2.47. The molecule has 0 aromatic heterocycles. The van der Waals surface area contributed by atoms with E-state index in [1.165, 1.54) is 19.3 Å². The summed E-state index contributed by atoms with van der Waals surface area (Å²) in [5, 5.41) is 0. The smallest absolute Gasteiger partial charge is 0.306 e. The van der Waals surface area contributed by atoms with Crippen molar-refractivity contribution in [3.63, 3.8) is 0 Å². The summed E-state index contributed by atoms with van der Waals surface area (Å²) in [7, 11) is -2.89. The summed E-state index contributed by atoms with van der Waals surface area (Å²) in [5.74, 6) is 0.167. The van der Waals surface area contributed by atoms with Gasteiger partial charge in [0, 0.05) is 6.42 Å². The fraction of sp³-hybridized carbons (Fsp3) is 0.929. The maximum Gasteiger partial charge on any atom is 0.306 e. The molecule has 1 saturated heterocycles. The lowest BCUT2D eigenvalue weighted by atomic mass is 9.98. The number of hydrogen-bond acceptors (Lipinski definition) is 4. The molecule has 19 heavy (non-hydrogen) atoms. The quantitative estimate of drug-likeness (QED) is 0.748. The number of sulfone groups is 1. The highest BCUT2D eigenvalue weighted by Gasteiger charge is 2.30. The molecular formula is C14H24O4S. The second-order valence-electron chi connectivity index (χ2n) is 5.93. The molecule has 1 aliphatic carbocycles. The Bertz CT molecular complexity index is 394. The Hall–Kier alpha value is -0.580. The molecule has 0 aromatic carbocycles. The van der Waals surface area contributed by atoms with Crippen molar-refractivity contribution in [3.05, 3.63) is 0 Å². The van der Waals surface area contributed by atoms with Gasteiger partial charge in [0.2, 0.25) is 0 Å². The van der Waals surface area contributed by atoms with Crippen LogP contribution in [0.4, 0.5) is 0 Å². The fourth-order valence-corrected chi connectivity index (χ4v) is 4.90. The van der Waals surface area contributed by atoms with Gasteiger partial charge < -0.3 is 4.74 Å². The fourth-order valence-electron chi connectivity index (χ4n) is 3.04. The molecule has 2 fully saturated rings. The topological polar surface area (TPSA) is 60.4 Å². The number of carbonyl (C=O) groups is 1. The minimum atomic E-state index is -2.89. The van der Waals surface area contributed by atoms with Crippen molar-refractivity contribution in [1.82, 2.24) is 0 Å². The van der Waals surface area contributed by atoms with Gasteiger partial charge in [0.15, 0.2) is 9.84 Å². The molecule has 110 valence electrons. The molecule has 0 radical (unpaired) electrons. The summed E-state index contributed by atoms with van der Waals surface area (Å²) in [6.45, 7) is 0. The van der Waals surface area contributed by atoms with Gasteiger partial charge in [-0.3, -0.25) is 4.79 Å². The normalized spacial score (nSPS) is 28.5. The van der Waals surface area contributed by atoms with Crippen molar-refractivity contribution in [1.29, 1.82) is 0 Å². The first kappa shape index (κ1) is 14.8. The van der Waals surface area contributed by atoms with Crippen molar-refractivity contribution in [3.8, 4) is 0 Å². The Balaban J connectivity index is 1.74. The molecule has 0 aromatic rings. The van der Waals surface area contributed by atoms with Crippen molar-refractivity contribution in [2.45, 2.75) is 63.9 Å². The lowest BCUT2D eigenvalue weighted by molar-refractivity contribution is -0.151. The summed E-state index contributed by atoms with van der Waals surface area (Å²) in [6.07, 6.45) is 8.91. The molecule has 2 rings (SSSR count). The van der Waals surface area contributed by atoms with E-state index in [9.17, 15) is 13.2 Å². The number of esters is 1. The first-order chi connectivity index (χ1) is 9.05. The first-order valence-corrected chi connectivity index (χ1v) is 9.27. The molecule has 1 aliphatic heterocycles. The maximum absolute atomic E-state index is 11.9. The molecule has 4 nitrogen and oxygen atoms in total. The van der Waals surface area contributed by atoms with Crippen LogP contribution < -0.4 is 0 Å². The van der Waals surface area contributed by atoms with Crippen LogP contribution in [0.15, 0.2) is 0 Å². The van der Waals surface area contributed by atoms with E-state index in [1.54, 1.807) is 0 Å². The third kappa shape index (κ3) is 5.13. The van der Waals surface area contributed by atoms with Gasteiger partial charge in [-0.15, -0.1) is 0 Å². The van der Waals surface area contributed by atoms with Gasteiger partial charge in [-0.05, 0) is 38.0 Å². The molecule has 0 unspecified atom stereocenters. The molecule has 5 heteroatoms. The zero-order valence-electron chi connectivity index (χ0n) is 11.5. The van der Waals surface area contributed by atoms with Gasteiger partial charge in [0.25, 0.3) is 0 Å². The molecule has 1 atom stereocenters. The van der Waals surface area contributed by atoms with Crippen molar-refractivity contribution < 1.29 is 17.9 Å². The Morgan fingerprint density at radius 2 is 1.63 bits per heavy atom. The Kier molecular flexibility index (Phi) is 5.25. The molecule has 1 saturated carbocycles. The predicted molar refractivity (Wildman–Crippen MR) is 73.6 cm³/mol. The van der Waals surface area contributed by atoms with Crippen molar-refractivity contribution in [2.75, 3.05) is 11.5 Å². The second-order valence-corrected chi connectivity index (χ2v) is 8.16. The van der Waals surface area contributed by atoms with E-state index in [4.69, 9.17) is 4.74 Å². The van der Waals surface area contributed by atoms with Gasteiger partial charge >= 0.3 is 5.97 Å². The molecule has 0 bridgehead atoms. The van der Waals surface area contributed by atoms with Gasteiger partial charge in [-0.2, -0.15) is 0 Å². The van der Waals surface area contributed by atoms with Crippen molar-refractivity contribution in [2.24, 2.45) is 5.92 Å². The van der Waals surface area contributed by atoms with Crippen LogP contribution in [0.3, 0.4) is 0 Å². The van der Waals surface area contributed by atoms with E-state index in [0.29, 0.717) is 6.42 Å². The lowest BCUT2D eigenvalue weighted by Gasteiger charge is -2.20. The summed E-state index contributed by atoms with van der Waals surface area (Å²) in [5.41, 5.74) is 0. The number of hydrogen-bond donors (Lipinski definition) is 0. The lowest BCUT2D eigenvalue weighted by Crippen LogP contribution is -2.21. The van der Waals surface area contributed by atoms with Crippen LogP contribution in [-0.2, 0) is 19.4 Å². The number of ether oxygens (including phenoxy) is 1. The zero-order valence-corrected chi connectivity index (χ0v) is 12.3. The van der Waals surface area contributed by atoms with E-state index in [-0.39, 0.29) is 35.9 Å². The summed E-state index contributed by atoms with van der Waals surface area (Å²) < 4.78 is 28.2. The van der Waals surface area contributed by atoms with Crippen molar-refractivity contribution >= 4 is 15.8 Å². The highest BCUT2D eigenvalue weighted by atomic mass is 32.2. The van der Waals surface area contributed by atoms with E-state index in [1.807, 2.05) is 0 Å². The molecule has 2 aliphatic rings. The minimum Gasteiger partial charge on any atom is -0.462 e. The summed E-state index contributed by atoms with van der Waals surface area (Å²) in [4.78, 5) is 11.9. The van der Waals surface area contributed by atoms with Crippen LogP contribution >= 0.6 is 0 Å². The largest absolute Gasteiger partial charge is 0.462 e.